The number of hydrogen-bond donors (Lipinski definition) is 2. The molecule has 0 aliphatic heterocycles. The molecule has 0 fully saturated rings. The standard InChI is InChI=1S/2C7H5IN2.2ClH.Pt/c2*8-6-4-10-7-5(6)2-1-3-9-7;;;/h2*1-4H,(H,9,10);2*1H;/q;;;;+2/p-2. The fraction of sp³-hybridized carbons (Fsp3) is 0. The molecule has 4 rings (SSSR count). The van der Waals surface area contributed by atoms with E-state index >= 15 is 0 Å². The van der Waals surface area contributed by atoms with Crippen LogP contribution in [-0.2, 0) is 21.1 Å². The van der Waals surface area contributed by atoms with Gasteiger partial charge >= 0.3 is 21.1 Å². The van der Waals surface area contributed by atoms with Gasteiger partial charge in [-0.1, -0.05) is 0 Å². The third-order valence-electron chi connectivity index (χ3n) is 2.80. The van der Waals surface area contributed by atoms with E-state index in [4.69, 9.17) is 0 Å². The topological polar surface area (TPSA) is 57.4 Å². The van der Waals surface area contributed by atoms with Crippen molar-refractivity contribution in [2.45, 2.75) is 0 Å². The molecule has 0 saturated heterocycles. The first-order valence-corrected chi connectivity index (χ1v) is 8.06. The molecule has 0 bridgehead atoms. The predicted molar refractivity (Wildman–Crippen MR) is 97.6 cm³/mol. The molecular formula is C14H10Cl2I2N4Pt. The zero-order valence-corrected chi connectivity index (χ0v) is 19.4. The first-order chi connectivity index (χ1) is 9.75. The maximum absolute atomic E-state index is 4.14. The third-order valence-corrected chi connectivity index (χ3v) is 4.59. The second kappa shape index (κ2) is 10.9. The smallest absolute Gasteiger partial charge is 1.00 e. The number of pyridine rings is 2. The van der Waals surface area contributed by atoms with Crippen molar-refractivity contribution in [2.75, 3.05) is 0 Å². The summed E-state index contributed by atoms with van der Waals surface area (Å²) in [7, 11) is 0. The summed E-state index contributed by atoms with van der Waals surface area (Å²) in [6.45, 7) is 0. The molecule has 0 amide bonds. The monoisotopic (exact) mass is 753 g/mol. The molecule has 0 aromatic carbocycles. The van der Waals surface area contributed by atoms with E-state index in [2.05, 4.69) is 77.3 Å². The fourth-order valence-electron chi connectivity index (χ4n) is 1.85. The van der Waals surface area contributed by atoms with E-state index in [9.17, 15) is 0 Å². The van der Waals surface area contributed by atoms with Gasteiger partial charge in [0, 0.05) is 42.7 Å². The van der Waals surface area contributed by atoms with E-state index in [0.29, 0.717) is 0 Å². The van der Waals surface area contributed by atoms with Gasteiger partial charge in [-0.2, -0.15) is 0 Å². The third kappa shape index (κ3) is 5.56. The van der Waals surface area contributed by atoms with E-state index in [1.165, 1.54) is 17.9 Å². The fourth-order valence-corrected chi connectivity index (χ4v) is 3.03. The molecular weight excluding hydrogens is 744 g/mol. The van der Waals surface area contributed by atoms with E-state index in [1.54, 1.807) is 12.4 Å². The van der Waals surface area contributed by atoms with Crippen molar-refractivity contribution in [2.24, 2.45) is 0 Å². The van der Waals surface area contributed by atoms with Gasteiger partial charge in [0.15, 0.2) is 0 Å². The Morgan fingerprint density at radius 1 is 0.739 bits per heavy atom. The van der Waals surface area contributed by atoms with Crippen LogP contribution in [0.2, 0.25) is 0 Å². The number of nitrogens with zero attached hydrogens (tertiary/aromatic N) is 2. The van der Waals surface area contributed by atoms with E-state index < -0.39 is 0 Å². The number of hydrogen-bond acceptors (Lipinski definition) is 2. The Labute approximate surface area is 187 Å². The second-order valence-corrected chi connectivity index (χ2v) is 6.40. The van der Waals surface area contributed by atoms with Crippen molar-refractivity contribution < 1.29 is 45.9 Å². The van der Waals surface area contributed by atoms with Crippen molar-refractivity contribution in [1.82, 2.24) is 19.9 Å². The van der Waals surface area contributed by atoms with Gasteiger partial charge < -0.3 is 34.8 Å². The summed E-state index contributed by atoms with van der Waals surface area (Å²) in [4.78, 5) is 14.4. The molecule has 23 heavy (non-hydrogen) atoms. The van der Waals surface area contributed by atoms with Crippen LogP contribution in [0.25, 0.3) is 22.1 Å². The Kier molecular flexibility index (Phi) is 10.9. The molecule has 4 aromatic heterocycles. The minimum Gasteiger partial charge on any atom is -1.00 e. The number of H-pyrrole nitrogens is 2. The van der Waals surface area contributed by atoms with Gasteiger partial charge in [-0.05, 0) is 69.4 Å². The first kappa shape index (κ1) is 23.1. The summed E-state index contributed by atoms with van der Waals surface area (Å²) in [6.07, 6.45) is 7.49. The van der Waals surface area contributed by atoms with Crippen molar-refractivity contribution in [3.63, 3.8) is 0 Å². The van der Waals surface area contributed by atoms with Crippen LogP contribution in [-0.4, -0.2) is 19.9 Å². The van der Waals surface area contributed by atoms with Gasteiger partial charge in [0.1, 0.15) is 11.3 Å². The summed E-state index contributed by atoms with van der Waals surface area (Å²) in [5, 5.41) is 2.39. The van der Waals surface area contributed by atoms with Crippen LogP contribution in [0, 0.1) is 7.14 Å². The zero-order valence-electron chi connectivity index (χ0n) is 11.3. The minimum atomic E-state index is 0. The largest absolute Gasteiger partial charge is 2.00 e. The van der Waals surface area contributed by atoms with Crippen molar-refractivity contribution in [3.8, 4) is 0 Å². The number of aromatic nitrogens is 4. The average molecular weight is 754 g/mol. The molecule has 0 atom stereocenters. The van der Waals surface area contributed by atoms with Crippen molar-refractivity contribution >= 4 is 67.2 Å². The number of rotatable bonds is 0. The van der Waals surface area contributed by atoms with Gasteiger partial charge in [0.25, 0.3) is 0 Å². The summed E-state index contributed by atoms with van der Waals surface area (Å²) < 4.78 is 2.45. The van der Waals surface area contributed by atoms with Crippen LogP contribution in [0.5, 0.6) is 0 Å². The number of halogens is 4. The molecule has 2 N–H and O–H groups in total. The summed E-state index contributed by atoms with van der Waals surface area (Å²) >= 11 is 4.56. The van der Waals surface area contributed by atoms with Crippen LogP contribution >= 0.6 is 45.2 Å². The second-order valence-electron chi connectivity index (χ2n) is 4.07. The summed E-state index contributed by atoms with van der Waals surface area (Å²) in [5.41, 5.74) is 1.93. The average Bonchev–Trinajstić information content (AvgIpc) is 3.05. The Morgan fingerprint density at radius 3 is 1.48 bits per heavy atom. The molecule has 0 saturated carbocycles. The summed E-state index contributed by atoms with van der Waals surface area (Å²) in [5.74, 6) is 0. The van der Waals surface area contributed by atoms with Gasteiger partial charge in [0.2, 0.25) is 0 Å². The van der Waals surface area contributed by atoms with Gasteiger partial charge in [0.05, 0.1) is 0 Å². The maximum Gasteiger partial charge on any atom is 2.00 e. The number of fused-ring (bicyclic) bond motifs is 2. The van der Waals surface area contributed by atoms with E-state index in [0.717, 1.165) is 11.3 Å². The normalized spacial score (nSPS) is 9.13. The van der Waals surface area contributed by atoms with Gasteiger partial charge in [-0.25, -0.2) is 9.97 Å². The molecule has 0 unspecified atom stereocenters. The molecule has 0 aliphatic rings. The number of aromatic amines is 2. The predicted octanol–water partition coefficient (Wildman–Crippen LogP) is -1.66. The first-order valence-electron chi connectivity index (χ1n) is 5.91. The van der Waals surface area contributed by atoms with Crippen molar-refractivity contribution in [3.05, 3.63) is 56.2 Å². The van der Waals surface area contributed by atoms with E-state index in [1.807, 2.05) is 24.5 Å². The quantitative estimate of drug-likeness (QED) is 0.212. The SMILES string of the molecule is Ic1c[nH]c2ncccc12.Ic1c[nH]c2ncccc12.[Cl-].[Cl-].[Pt+2]. The van der Waals surface area contributed by atoms with Crippen LogP contribution in [0.15, 0.2) is 49.1 Å². The van der Waals surface area contributed by atoms with Crippen molar-refractivity contribution in [1.29, 1.82) is 0 Å². The van der Waals surface area contributed by atoms with Crippen LogP contribution in [0.3, 0.4) is 0 Å². The Morgan fingerprint density at radius 2 is 1.13 bits per heavy atom. The molecule has 124 valence electrons. The molecule has 9 heteroatoms. The van der Waals surface area contributed by atoms with E-state index in [-0.39, 0.29) is 45.9 Å². The minimum absolute atomic E-state index is 0. The van der Waals surface area contributed by atoms with Crippen LogP contribution in [0.1, 0.15) is 0 Å². The van der Waals surface area contributed by atoms with Crippen LogP contribution in [0.4, 0.5) is 0 Å². The molecule has 0 aliphatic carbocycles. The Balaban J connectivity index is 0.000000372. The zero-order chi connectivity index (χ0) is 13.9. The van der Waals surface area contributed by atoms with Crippen LogP contribution < -0.4 is 24.8 Å². The molecule has 4 heterocycles. The number of nitrogens with one attached hydrogen (secondary N) is 2. The Hall–Kier alpha value is 0.108. The molecule has 4 aromatic rings. The maximum atomic E-state index is 4.14. The van der Waals surface area contributed by atoms with Gasteiger partial charge in [-0.3, -0.25) is 0 Å². The molecule has 4 nitrogen and oxygen atoms in total. The molecule has 0 spiro atoms. The summed E-state index contributed by atoms with van der Waals surface area (Å²) in [6, 6.07) is 8.00. The molecule has 0 radical (unpaired) electrons. The Bertz CT molecular complexity index is 794. The van der Waals surface area contributed by atoms with Gasteiger partial charge in [-0.15, -0.1) is 0 Å².